The summed E-state index contributed by atoms with van der Waals surface area (Å²) in [4.78, 5) is 61.3. The molecule has 0 aliphatic rings. The molecule has 0 aliphatic heterocycles. The third kappa shape index (κ3) is 12.6. The molecule has 1 aromatic carbocycles. The number of benzene rings is 1. The molecule has 1 heterocycles. The number of nitrogens with zero attached hydrogens (tertiary/aromatic N) is 3. The van der Waals surface area contributed by atoms with Crippen LogP contribution < -0.4 is 5.32 Å². The van der Waals surface area contributed by atoms with E-state index in [1.54, 1.807) is 17.2 Å². The van der Waals surface area contributed by atoms with E-state index >= 15 is 0 Å². The fourth-order valence-electron chi connectivity index (χ4n) is 6.79. The van der Waals surface area contributed by atoms with Gasteiger partial charge >= 0.3 is 5.97 Å². The number of likely N-dealkylation sites (N-methyl/N-ethyl adjacent to an activating group) is 1. The van der Waals surface area contributed by atoms with Crippen molar-refractivity contribution in [3.8, 4) is 0 Å². The molecular formula is C39H62N4O6S. The van der Waals surface area contributed by atoms with Crippen LogP contribution in [-0.2, 0) is 25.5 Å². The number of aliphatic carboxylic acids is 1. The number of rotatable bonds is 22. The topological polar surface area (TPSA) is 129 Å². The Morgan fingerprint density at radius 3 is 2.10 bits per heavy atom. The molecular weight excluding hydrogens is 653 g/mol. The van der Waals surface area contributed by atoms with Crippen molar-refractivity contribution in [2.75, 3.05) is 27.7 Å². The molecule has 2 aromatic rings. The lowest BCUT2D eigenvalue weighted by Crippen LogP contribution is -2.48. The van der Waals surface area contributed by atoms with Crippen LogP contribution in [0, 0.1) is 29.6 Å². The van der Waals surface area contributed by atoms with Crippen LogP contribution in [-0.4, -0.2) is 89.3 Å². The minimum absolute atomic E-state index is 0.0311. The zero-order valence-corrected chi connectivity index (χ0v) is 33.0. The zero-order valence-electron chi connectivity index (χ0n) is 32.1. The number of carbonyl (C=O) groups excluding carboxylic acids is 3. The summed E-state index contributed by atoms with van der Waals surface area (Å²) in [5.41, 5.74) is 1.25. The molecule has 0 fully saturated rings. The molecule has 0 unspecified atom stereocenters. The Balaban J connectivity index is 2.30. The molecule has 10 nitrogen and oxygen atoms in total. The summed E-state index contributed by atoms with van der Waals surface area (Å²) in [6, 6.07) is 8.82. The van der Waals surface area contributed by atoms with Crippen LogP contribution in [0.1, 0.15) is 108 Å². The van der Waals surface area contributed by atoms with Gasteiger partial charge in [-0.3, -0.25) is 24.1 Å². The molecule has 0 aliphatic carbocycles. The highest BCUT2D eigenvalue weighted by molar-refractivity contribution is 7.09. The van der Waals surface area contributed by atoms with Crippen LogP contribution in [0.15, 0.2) is 35.7 Å². The van der Waals surface area contributed by atoms with Crippen molar-refractivity contribution in [2.24, 2.45) is 29.6 Å². The largest absolute Gasteiger partial charge is 0.481 e. The number of aromatic nitrogens is 1. The van der Waals surface area contributed by atoms with Crippen molar-refractivity contribution in [1.29, 1.82) is 0 Å². The Morgan fingerprint density at radius 1 is 0.940 bits per heavy atom. The molecule has 280 valence electrons. The molecule has 11 heteroatoms. The van der Waals surface area contributed by atoms with E-state index in [1.165, 1.54) is 11.3 Å². The Morgan fingerprint density at radius 2 is 1.58 bits per heavy atom. The number of thiazole rings is 1. The highest BCUT2D eigenvalue weighted by atomic mass is 32.1. The van der Waals surface area contributed by atoms with Crippen LogP contribution in [0.5, 0.6) is 0 Å². The summed E-state index contributed by atoms with van der Waals surface area (Å²) in [6.07, 6.45) is 1.77. The summed E-state index contributed by atoms with van der Waals surface area (Å²) >= 11 is 1.34. The van der Waals surface area contributed by atoms with E-state index in [2.05, 4.69) is 26.1 Å². The van der Waals surface area contributed by atoms with Crippen LogP contribution >= 0.6 is 11.3 Å². The molecule has 2 amide bonds. The quantitative estimate of drug-likeness (QED) is 0.137. The second-order valence-corrected chi connectivity index (χ2v) is 15.6. The maximum Gasteiger partial charge on any atom is 0.306 e. The molecule has 0 radical (unpaired) electrons. The van der Waals surface area contributed by atoms with E-state index in [9.17, 15) is 24.3 Å². The van der Waals surface area contributed by atoms with E-state index in [0.29, 0.717) is 24.5 Å². The number of nitrogens with one attached hydrogen (secondary N) is 1. The number of carboxylic acid groups (broad SMARTS) is 1. The predicted octanol–water partition coefficient (Wildman–Crippen LogP) is 6.75. The molecule has 50 heavy (non-hydrogen) atoms. The molecule has 0 spiro atoms. The summed E-state index contributed by atoms with van der Waals surface area (Å²) < 4.78 is 6.20. The third-order valence-electron chi connectivity index (χ3n) is 9.77. The van der Waals surface area contributed by atoms with Gasteiger partial charge < -0.3 is 20.1 Å². The standard InChI is InChI=1S/C39H62N4O6S/c1-12-26(7)30(21-33(44)35(25(5)6)42(9)10)38(46)43(11)32(24(3)4)22-34(49-13-2)37-41-31(23-50-37)36(45)40-29(19-27(8)39(47)48)20-28-17-15-14-16-18-28/h14-18,23-27,29-30,32,34-35H,12-13,19-22H2,1-11H3,(H,40,45)(H,47,48)/t26-,27-,29+,30-,32+,34+,35+/m0/s1. The fourth-order valence-corrected chi connectivity index (χ4v) is 7.65. The molecule has 7 atom stereocenters. The van der Waals surface area contributed by atoms with E-state index in [-0.39, 0.29) is 66.0 Å². The monoisotopic (exact) mass is 714 g/mol. The van der Waals surface area contributed by atoms with Crippen molar-refractivity contribution < 1.29 is 29.0 Å². The molecule has 0 saturated carbocycles. The van der Waals surface area contributed by atoms with Gasteiger partial charge in [0, 0.05) is 49.9 Å². The van der Waals surface area contributed by atoms with Crippen LogP contribution in [0.4, 0.5) is 0 Å². The van der Waals surface area contributed by atoms with Crippen molar-refractivity contribution >= 4 is 34.9 Å². The first-order valence-corrected chi connectivity index (χ1v) is 19.0. The highest BCUT2D eigenvalue weighted by Gasteiger charge is 2.37. The van der Waals surface area contributed by atoms with Gasteiger partial charge in [0.15, 0.2) is 5.78 Å². The number of hydrogen-bond donors (Lipinski definition) is 2. The Bertz CT molecular complexity index is 1360. The predicted molar refractivity (Wildman–Crippen MR) is 200 cm³/mol. The van der Waals surface area contributed by atoms with Gasteiger partial charge in [0.05, 0.1) is 12.0 Å². The van der Waals surface area contributed by atoms with Gasteiger partial charge in [-0.1, -0.05) is 85.2 Å². The van der Waals surface area contributed by atoms with E-state index in [4.69, 9.17) is 9.72 Å². The maximum atomic E-state index is 14.2. The van der Waals surface area contributed by atoms with Gasteiger partial charge in [-0.05, 0) is 57.2 Å². The second kappa shape index (κ2) is 20.6. The zero-order chi connectivity index (χ0) is 37.7. The lowest BCUT2D eigenvalue weighted by Gasteiger charge is -2.37. The Kier molecular flexibility index (Phi) is 17.8. The number of carboxylic acids is 1. The number of Topliss-reactive ketones (excluding diaryl/α,β-unsaturated/α-hetero) is 1. The summed E-state index contributed by atoms with van der Waals surface area (Å²) in [5, 5.41) is 14.9. The van der Waals surface area contributed by atoms with Crippen LogP contribution in [0.2, 0.25) is 0 Å². The van der Waals surface area contributed by atoms with Gasteiger partial charge in [0.2, 0.25) is 5.91 Å². The first-order valence-electron chi connectivity index (χ1n) is 18.1. The smallest absolute Gasteiger partial charge is 0.306 e. The van der Waals surface area contributed by atoms with E-state index in [1.807, 2.05) is 84.1 Å². The number of amides is 2. The van der Waals surface area contributed by atoms with Crippen LogP contribution in [0.3, 0.4) is 0 Å². The minimum atomic E-state index is -0.911. The Labute approximate surface area is 304 Å². The van der Waals surface area contributed by atoms with Crippen molar-refractivity contribution in [1.82, 2.24) is 20.1 Å². The van der Waals surface area contributed by atoms with Crippen LogP contribution in [0.25, 0.3) is 0 Å². The van der Waals surface area contributed by atoms with Crippen molar-refractivity contribution in [3.63, 3.8) is 0 Å². The molecule has 0 bridgehead atoms. The highest BCUT2D eigenvalue weighted by Crippen LogP contribution is 2.32. The van der Waals surface area contributed by atoms with Gasteiger partial charge in [0.1, 0.15) is 16.8 Å². The van der Waals surface area contributed by atoms with Gasteiger partial charge in [-0.15, -0.1) is 11.3 Å². The Hall–Kier alpha value is -3.15. The number of hydrogen-bond acceptors (Lipinski definition) is 8. The summed E-state index contributed by atoms with van der Waals surface area (Å²) in [6.45, 7) is 16.3. The van der Waals surface area contributed by atoms with Gasteiger partial charge in [0.25, 0.3) is 5.91 Å². The molecule has 0 saturated heterocycles. The normalized spacial score (nSPS) is 16.0. The minimum Gasteiger partial charge on any atom is -0.481 e. The van der Waals surface area contributed by atoms with Crippen molar-refractivity contribution in [3.05, 3.63) is 52.0 Å². The lowest BCUT2D eigenvalue weighted by molar-refractivity contribution is -0.143. The molecule has 1 aromatic heterocycles. The first-order chi connectivity index (χ1) is 23.5. The number of ketones is 1. The van der Waals surface area contributed by atoms with E-state index < -0.39 is 30.0 Å². The summed E-state index contributed by atoms with van der Waals surface area (Å²) in [5.74, 6) is -2.05. The maximum absolute atomic E-state index is 14.2. The average Bonchev–Trinajstić information content (AvgIpc) is 3.55. The van der Waals surface area contributed by atoms with E-state index in [0.717, 1.165) is 12.0 Å². The fraction of sp³-hybridized carbons (Fsp3) is 0.667. The average molecular weight is 715 g/mol. The third-order valence-corrected chi connectivity index (χ3v) is 10.7. The lowest BCUT2D eigenvalue weighted by atomic mass is 9.82. The number of carbonyl (C=O) groups is 4. The van der Waals surface area contributed by atoms with Gasteiger partial charge in [-0.25, -0.2) is 4.98 Å². The summed E-state index contributed by atoms with van der Waals surface area (Å²) in [7, 11) is 5.65. The molecule has 2 N–H and O–H groups in total. The van der Waals surface area contributed by atoms with Gasteiger partial charge in [-0.2, -0.15) is 0 Å². The molecule has 2 rings (SSSR count). The first kappa shape index (κ1) is 43.0. The second-order valence-electron chi connectivity index (χ2n) is 14.7. The van der Waals surface area contributed by atoms with Crippen molar-refractivity contribution in [2.45, 2.75) is 112 Å². The number of ether oxygens (including phenoxy) is 1. The SMILES string of the molecule is CCO[C@H](C[C@H](C(C)C)N(C)C(=O)[C@@H](CC(=O)[C@@H](C(C)C)N(C)C)[C@@H](C)CC)c1nc(C(=O)N[C@@H](Cc2ccccc2)C[C@H](C)C(=O)O)cs1.